The van der Waals surface area contributed by atoms with E-state index in [0.29, 0.717) is 0 Å². The Morgan fingerprint density at radius 2 is 1.79 bits per heavy atom. The zero-order valence-corrected chi connectivity index (χ0v) is 12.0. The highest BCUT2D eigenvalue weighted by molar-refractivity contribution is 7.94. The molecule has 2 aromatic rings. The molecule has 0 aliphatic carbocycles. The Labute approximate surface area is 117 Å². The summed E-state index contributed by atoms with van der Waals surface area (Å²) in [7, 11) is 3.51. The van der Waals surface area contributed by atoms with Crippen LogP contribution in [-0.2, 0) is 9.32 Å². The monoisotopic (exact) mass is 276 g/mol. The van der Waals surface area contributed by atoms with Crippen molar-refractivity contribution in [2.24, 2.45) is 0 Å². The zero-order valence-electron chi connectivity index (χ0n) is 11.2. The molecular weight excluding hydrogens is 260 g/mol. The van der Waals surface area contributed by atoms with E-state index < -0.39 is 0 Å². The molecule has 0 aliphatic heterocycles. The molecule has 5 heteroatoms. The minimum atomic E-state index is 0.971. The number of aryl methyl sites for hydroxylation is 1. The van der Waals surface area contributed by atoms with Gasteiger partial charge in [-0.25, -0.2) is 0 Å². The fourth-order valence-corrected chi connectivity index (χ4v) is 1.98. The third-order valence-electron chi connectivity index (χ3n) is 2.35. The van der Waals surface area contributed by atoms with Gasteiger partial charge in [-0.2, -0.15) is 5.06 Å². The van der Waals surface area contributed by atoms with Crippen molar-refractivity contribution < 1.29 is 9.32 Å². The Balaban J connectivity index is 2.02. The van der Waals surface area contributed by atoms with Gasteiger partial charge in [0.05, 0.1) is 17.7 Å². The minimum Gasteiger partial charge on any atom is -0.253 e. The number of benzene rings is 1. The summed E-state index contributed by atoms with van der Waals surface area (Å²) in [6.07, 6.45) is 0. The average Bonchev–Trinajstić information content (AvgIpc) is 2.39. The predicted octanol–water partition coefficient (Wildman–Crippen LogP) is 3.49. The van der Waals surface area contributed by atoms with Crippen molar-refractivity contribution in [2.75, 3.05) is 14.1 Å². The molecule has 19 heavy (non-hydrogen) atoms. The van der Waals surface area contributed by atoms with Gasteiger partial charge in [-0.3, -0.25) is 4.98 Å². The van der Waals surface area contributed by atoms with Gasteiger partial charge in [0.25, 0.3) is 0 Å². The number of hydrogen-bond donors (Lipinski definition) is 0. The summed E-state index contributed by atoms with van der Waals surface area (Å²) in [6.45, 7) is 1.99. The van der Waals surface area contributed by atoms with Crippen molar-refractivity contribution in [1.82, 2.24) is 10.0 Å². The fourth-order valence-electron chi connectivity index (χ4n) is 1.50. The number of hydroxylamine groups is 2. The molecule has 0 amide bonds. The first-order chi connectivity index (χ1) is 9.15. The molecule has 0 aliphatic rings. The Hall–Kier alpha value is -1.40. The Bertz CT molecular complexity index is 529. The van der Waals surface area contributed by atoms with Gasteiger partial charge in [0, 0.05) is 30.2 Å². The molecule has 1 aromatic heterocycles. The molecule has 0 unspecified atom stereocenters. The second kappa shape index (κ2) is 6.68. The molecule has 0 saturated carbocycles. The maximum absolute atomic E-state index is 4.97. The highest BCUT2D eigenvalue weighted by Crippen LogP contribution is 2.24. The van der Waals surface area contributed by atoms with E-state index in [1.807, 2.05) is 49.4 Å². The molecule has 0 radical (unpaired) electrons. The summed E-state index contributed by atoms with van der Waals surface area (Å²) in [5, 5.41) is 1.48. The average molecular weight is 276 g/mol. The van der Waals surface area contributed by atoms with Gasteiger partial charge in [0.1, 0.15) is 0 Å². The number of pyridine rings is 1. The van der Waals surface area contributed by atoms with E-state index in [1.165, 1.54) is 17.1 Å². The van der Waals surface area contributed by atoms with Crippen molar-refractivity contribution in [3.8, 4) is 11.3 Å². The second-order valence-electron chi connectivity index (χ2n) is 4.23. The van der Waals surface area contributed by atoms with Crippen molar-refractivity contribution in [1.29, 1.82) is 0 Å². The van der Waals surface area contributed by atoms with Crippen LogP contribution in [0.4, 0.5) is 0 Å². The lowest BCUT2D eigenvalue weighted by Crippen LogP contribution is -2.10. The van der Waals surface area contributed by atoms with Crippen LogP contribution in [0.2, 0.25) is 0 Å². The topological polar surface area (TPSA) is 34.6 Å². The van der Waals surface area contributed by atoms with Gasteiger partial charge >= 0.3 is 0 Å². The van der Waals surface area contributed by atoms with Crippen LogP contribution >= 0.6 is 12.0 Å². The van der Waals surface area contributed by atoms with E-state index in [-0.39, 0.29) is 0 Å². The minimum absolute atomic E-state index is 0.971. The summed E-state index contributed by atoms with van der Waals surface area (Å²) >= 11 is 1.17. The molecule has 0 atom stereocenters. The highest BCUT2D eigenvalue weighted by atomic mass is 32.2. The van der Waals surface area contributed by atoms with E-state index >= 15 is 0 Å². The normalized spacial score (nSPS) is 10.9. The Morgan fingerprint density at radius 3 is 2.42 bits per heavy atom. The van der Waals surface area contributed by atoms with Crippen molar-refractivity contribution in [3.05, 3.63) is 48.2 Å². The summed E-state index contributed by atoms with van der Waals surface area (Å²) in [5.41, 5.74) is 3.07. The van der Waals surface area contributed by atoms with Gasteiger partial charge in [0.15, 0.2) is 0 Å². The van der Waals surface area contributed by atoms with Gasteiger partial charge < -0.3 is 0 Å². The quantitative estimate of drug-likeness (QED) is 0.474. The molecule has 1 aromatic carbocycles. The smallest absolute Gasteiger partial charge is 0.0705 e. The number of hydrogen-bond acceptors (Lipinski definition) is 5. The molecule has 0 saturated heterocycles. The van der Waals surface area contributed by atoms with Gasteiger partial charge in [-0.05, 0) is 31.2 Å². The second-order valence-corrected chi connectivity index (χ2v) is 5.00. The molecule has 0 fully saturated rings. The van der Waals surface area contributed by atoms with Gasteiger partial charge in [-0.15, -0.1) is 9.32 Å². The standard InChI is InChI=1S/C14H16N2O2S/c1-11-5-4-6-14(15-11)12-7-9-13(10-8-12)19-18-17-16(2)3/h4-10H,1-3H3. The number of nitrogens with zero attached hydrogens (tertiary/aromatic N) is 2. The molecule has 100 valence electrons. The van der Waals surface area contributed by atoms with Crippen LogP contribution in [0, 0.1) is 6.92 Å². The summed E-state index contributed by atoms with van der Waals surface area (Å²) in [5.74, 6) is 0. The van der Waals surface area contributed by atoms with Crippen molar-refractivity contribution in [2.45, 2.75) is 11.8 Å². The van der Waals surface area contributed by atoms with Crippen LogP contribution in [0.3, 0.4) is 0 Å². The van der Waals surface area contributed by atoms with Crippen LogP contribution in [0.15, 0.2) is 47.4 Å². The third kappa shape index (κ3) is 4.33. The number of aromatic nitrogens is 1. The molecule has 2 rings (SSSR count). The van der Waals surface area contributed by atoms with Crippen LogP contribution in [0.5, 0.6) is 0 Å². The van der Waals surface area contributed by atoms with E-state index in [1.54, 1.807) is 14.1 Å². The van der Waals surface area contributed by atoms with Crippen LogP contribution < -0.4 is 0 Å². The molecule has 1 heterocycles. The van der Waals surface area contributed by atoms with Gasteiger partial charge in [0.2, 0.25) is 0 Å². The van der Waals surface area contributed by atoms with E-state index in [2.05, 4.69) is 4.98 Å². The predicted molar refractivity (Wildman–Crippen MR) is 76.1 cm³/mol. The summed E-state index contributed by atoms with van der Waals surface area (Å²) in [4.78, 5) is 10.3. The van der Waals surface area contributed by atoms with E-state index in [4.69, 9.17) is 9.32 Å². The largest absolute Gasteiger partial charge is 0.253 e. The van der Waals surface area contributed by atoms with Gasteiger partial charge in [-0.1, -0.05) is 18.2 Å². The van der Waals surface area contributed by atoms with Crippen LogP contribution in [0.1, 0.15) is 5.69 Å². The first-order valence-corrected chi connectivity index (χ1v) is 6.62. The molecular formula is C14H16N2O2S. The van der Waals surface area contributed by atoms with Crippen molar-refractivity contribution >= 4 is 12.0 Å². The lowest BCUT2D eigenvalue weighted by atomic mass is 10.1. The third-order valence-corrected chi connectivity index (χ3v) is 2.94. The molecule has 0 bridgehead atoms. The Morgan fingerprint density at radius 1 is 1.05 bits per heavy atom. The Kier molecular flexibility index (Phi) is 4.93. The zero-order chi connectivity index (χ0) is 13.7. The maximum atomic E-state index is 4.97. The SMILES string of the molecule is Cc1cccc(-c2ccc(SOON(C)C)cc2)n1. The number of rotatable bonds is 5. The lowest BCUT2D eigenvalue weighted by Gasteiger charge is -2.07. The fraction of sp³-hybridized carbons (Fsp3) is 0.214. The lowest BCUT2D eigenvalue weighted by molar-refractivity contribution is -0.340. The van der Waals surface area contributed by atoms with Crippen molar-refractivity contribution in [3.63, 3.8) is 0 Å². The van der Waals surface area contributed by atoms with Crippen LogP contribution in [0.25, 0.3) is 11.3 Å². The maximum Gasteiger partial charge on any atom is 0.0705 e. The highest BCUT2D eigenvalue weighted by Gasteiger charge is 2.01. The van der Waals surface area contributed by atoms with E-state index in [0.717, 1.165) is 21.8 Å². The molecule has 4 nitrogen and oxygen atoms in total. The van der Waals surface area contributed by atoms with E-state index in [9.17, 15) is 0 Å². The van der Waals surface area contributed by atoms with Crippen LogP contribution in [-0.4, -0.2) is 24.1 Å². The molecule has 0 spiro atoms. The molecule has 0 N–H and O–H groups in total. The summed E-state index contributed by atoms with van der Waals surface area (Å²) < 4.78 is 4.97. The summed E-state index contributed by atoms with van der Waals surface area (Å²) in [6, 6.07) is 14.0. The first-order valence-electron chi connectivity index (χ1n) is 5.88. The first kappa shape index (κ1) is 14.0.